The molecule has 0 heterocycles. The van der Waals surface area contributed by atoms with Crippen LogP contribution in [-0.4, -0.2) is 20.7 Å². The molecule has 0 fully saturated rings. The van der Waals surface area contributed by atoms with Crippen LogP contribution in [0.25, 0.3) is 0 Å². The number of carbonyl (C=O) groups excluding carboxylic acids is 1. The van der Waals surface area contributed by atoms with Crippen LogP contribution in [0.4, 0.5) is 18.9 Å². The summed E-state index contributed by atoms with van der Waals surface area (Å²) in [4.78, 5) is 10.7. The Morgan fingerprint density at radius 1 is 1.04 bits per heavy atom. The maximum Gasteiger partial charge on any atom is 0.573 e. The van der Waals surface area contributed by atoms with Crippen molar-refractivity contribution in [1.82, 2.24) is 0 Å². The Kier molecular flexibility index (Phi) is 4.69. The fourth-order valence-corrected chi connectivity index (χ4v) is 2.84. The number of alkyl halides is 3. The van der Waals surface area contributed by atoms with Crippen molar-refractivity contribution in [3.05, 3.63) is 54.1 Å². The molecule has 0 saturated heterocycles. The van der Waals surface area contributed by atoms with Crippen LogP contribution in [0, 0.1) is 0 Å². The Morgan fingerprint density at radius 3 is 2.17 bits per heavy atom. The van der Waals surface area contributed by atoms with Gasteiger partial charge in [0.15, 0.2) is 5.75 Å². The summed E-state index contributed by atoms with van der Waals surface area (Å²) in [6.45, 7) is 0. The highest BCUT2D eigenvalue weighted by Crippen LogP contribution is 2.31. The molecule has 1 amide bonds. The van der Waals surface area contributed by atoms with E-state index in [0.717, 1.165) is 24.3 Å². The summed E-state index contributed by atoms with van der Waals surface area (Å²) in [6.07, 6.45) is -4.97. The molecule has 0 aromatic heterocycles. The minimum atomic E-state index is -4.97. The third-order valence-corrected chi connectivity index (χ3v) is 4.19. The molecule has 2 aromatic rings. The van der Waals surface area contributed by atoms with E-state index >= 15 is 0 Å². The predicted octanol–water partition coefficient (Wildman–Crippen LogP) is 2.48. The zero-order chi connectivity index (χ0) is 18.0. The lowest BCUT2D eigenvalue weighted by Gasteiger charge is -2.14. The van der Waals surface area contributed by atoms with Crippen LogP contribution >= 0.6 is 0 Å². The number of halogens is 3. The molecule has 24 heavy (non-hydrogen) atoms. The van der Waals surface area contributed by atoms with Gasteiger partial charge in [0.05, 0.1) is 10.6 Å². The van der Waals surface area contributed by atoms with Gasteiger partial charge in [-0.25, -0.2) is 8.42 Å². The second-order valence-corrected chi connectivity index (χ2v) is 6.22. The summed E-state index contributed by atoms with van der Waals surface area (Å²) in [5.41, 5.74) is 4.76. The summed E-state index contributed by atoms with van der Waals surface area (Å²) in [6, 6.07) is 9.30. The zero-order valence-corrected chi connectivity index (χ0v) is 12.7. The molecule has 0 aliphatic rings. The first kappa shape index (κ1) is 17.6. The first-order valence-corrected chi connectivity index (χ1v) is 7.84. The minimum absolute atomic E-state index is 0.0924. The average Bonchev–Trinajstić information content (AvgIpc) is 2.48. The Labute approximate surface area is 135 Å². The number of rotatable bonds is 5. The molecule has 0 aliphatic heterocycles. The SMILES string of the molecule is NC(=O)c1ccc(S(=O)(=O)Nc2ccccc2OC(F)(F)F)cc1. The van der Waals surface area contributed by atoms with Crippen molar-refractivity contribution < 1.29 is 31.1 Å². The quantitative estimate of drug-likeness (QED) is 0.856. The number of hydrogen-bond acceptors (Lipinski definition) is 4. The molecule has 0 bridgehead atoms. The van der Waals surface area contributed by atoms with E-state index in [2.05, 4.69) is 4.74 Å². The minimum Gasteiger partial charge on any atom is -0.404 e. The molecule has 0 unspecified atom stereocenters. The van der Waals surface area contributed by atoms with E-state index in [0.29, 0.717) is 0 Å². The fraction of sp³-hybridized carbons (Fsp3) is 0.0714. The first-order valence-electron chi connectivity index (χ1n) is 6.36. The van der Waals surface area contributed by atoms with Gasteiger partial charge in [0.2, 0.25) is 5.91 Å². The molecule has 0 saturated carbocycles. The topological polar surface area (TPSA) is 98.5 Å². The largest absolute Gasteiger partial charge is 0.573 e. The second-order valence-electron chi connectivity index (χ2n) is 4.54. The summed E-state index contributed by atoms with van der Waals surface area (Å²) >= 11 is 0. The number of amides is 1. The van der Waals surface area contributed by atoms with Crippen LogP contribution in [0.3, 0.4) is 0 Å². The molecule has 128 valence electrons. The molecule has 2 rings (SSSR count). The Hall–Kier alpha value is -2.75. The lowest BCUT2D eigenvalue weighted by Crippen LogP contribution is -2.20. The van der Waals surface area contributed by atoms with Crippen LogP contribution in [0.5, 0.6) is 5.75 Å². The second kappa shape index (κ2) is 6.40. The molecule has 3 N–H and O–H groups in total. The molecular formula is C14H11F3N2O4S. The molecule has 0 aliphatic carbocycles. The Bertz CT molecular complexity index is 849. The van der Waals surface area contributed by atoms with E-state index in [1.165, 1.54) is 24.3 Å². The van der Waals surface area contributed by atoms with E-state index in [4.69, 9.17) is 5.73 Å². The predicted molar refractivity (Wildman–Crippen MR) is 78.9 cm³/mol. The number of carbonyl (C=O) groups is 1. The third kappa shape index (κ3) is 4.38. The maximum absolute atomic E-state index is 12.4. The van der Waals surface area contributed by atoms with Crippen LogP contribution in [-0.2, 0) is 10.0 Å². The first-order chi connectivity index (χ1) is 11.1. The summed E-state index contributed by atoms with van der Waals surface area (Å²) in [7, 11) is -4.18. The highest BCUT2D eigenvalue weighted by molar-refractivity contribution is 7.92. The molecule has 10 heteroatoms. The van der Waals surface area contributed by atoms with Crippen LogP contribution in [0.2, 0.25) is 0 Å². The summed E-state index contributed by atoms with van der Waals surface area (Å²) in [5.74, 6) is -1.43. The smallest absolute Gasteiger partial charge is 0.404 e. The van der Waals surface area contributed by atoms with E-state index < -0.39 is 28.0 Å². The standard InChI is InChI=1S/C14H11F3N2O4S/c15-14(16,17)23-12-4-2-1-3-11(12)19-24(21,22)10-7-5-9(6-8-10)13(18)20/h1-8,19H,(H2,18,20). The van der Waals surface area contributed by atoms with Crippen LogP contribution in [0.15, 0.2) is 53.4 Å². The molecule has 2 aromatic carbocycles. The van der Waals surface area contributed by atoms with Crippen molar-refractivity contribution in [2.24, 2.45) is 5.73 Å². The van der Waals surface area contributed by atoms with Crippen molar-refractivity contribution >= 4 is 21.6 Å². The summed E-state index contributed by atoms with van der Waals surface area (Å²) < 4.78 is 67.3. The van der Waals surface area contributed by atoms with Crippen LogP contribution in [0.1, 0.15) is 10.4 Å². The van der Waals surface area contributed by atoms with E-state index in [9.17, 15) is 26.4 Å². The maximum atomic E-state index is 12.4. The van der Waals surface area contributed by atoms with Crippen LogP contribution < -0.4 is 15.2 Å². The molecule has 6 nitrogen and oxygen atoms in total. The average molecular weight is 360 g/mol. The van der Waals surface area contributed by atoms with Gasteiger partial charge >= 0.3 is 6.36 Å². The number of ether oxygens (including phenoxy) is 1. The van der Waals surface area contributed by atoms with E-state index in [1.807, 2.05) is 4.72 Å². The van der Waals surface area contributed by atoms with Gasteiger partial charge in [0.25, 0.3) is 10.0 Å². The van der Waals surface area contributed by atoms with E-state index in [-0.39, 0.29) is 16.1 Å². The van der Waals surface area contributed by atoms with Gasteiger partial charge in [-0.05, 0) is 36.4 Å². The number of hydrogen-bond donors (Lipinski definition) is 2. The Balaban J connectivity index is 2.31. The van der Waals surface area contributed by atoms with Gasteiger partial charge in [-0.3, -0.25) is 9.52 Å². The zero-order valence-electron chi connectivity index (χ0n) is 11.9. The van der Waals surface area contributed by atoms with Crippen molar-refractivity contribution in [2.45, 2.75) is 11.3 Å². The molecular weight excluding hydrogens is 349 g/mol. The summed E-state index contributed by atoms with van der Waals surface area (Å²) in [5, 5.41) is 0. The van der Waals surface area contributed by atoms with Gasteiger partial charge in [0, 0.05) is 5.56 Å². The monoisotopic (exact) mass is 360 g/mol. The highest BCUT2D eigenvalue weighted by atomic mass is 32.2. The number of nitrogens with one attached hydrogen (secondary N) is 1. The highest BCUT2D eigenvalue weighted by Gasteiger charge is 2.32. The van der Waals surface area contributed by atoms with Gasteiger partial charge in [-0.15, -0.1) is 13.2 Å². The number of benzene rings is 2. The van der Waals surface area contributed by atoms with Crippen molar-refractivity contribution in [3.8, 4) is 5.75 Å². The number of nitrogens with two attached hydrogens (primary N) is 1. The third-order valence-electron chi connectivity index (χ3n) is 2.81. The van der Waals surface area contributed by atoms with Gasteiger partial charge in [0.1, 0.15) is 0 Å². The van der Waals surface area contributed by atoms with Gasteiger partial charge in [-0.2, -0.15) is 0 Å². The molecule has 0 spiro atoms. The lowest BCUT2D eigenvalue weighted by atomic mass is 10.2. The Morgan fingerprint density at radius 2 is 1.62 bits per heavy atom. The van der Waals surface area contributed by atoms with Gasteiger partial charge < -0.3 is 10.5 Å². The van der Waals surface area contributed by atoms with Crippen molar-refractivity contribution in [2.75, 3.05) is 4.72 Å². The number of para-hydroxylation sites is 2. The lowest BCUT2D eigenvalue weighted by molar-refractivity contribution is -0.274. The fourth-order valence-electron chi connectivity index (χ4n) is 1.77. The van der Waals surface area contributed by atoms with Crippen molar-refractivity contribution in [3.63, 3.8) is 0 Å². The molecule has 0 radical (unpaired) electrons. The van der Waals surface area contributed by atoms with E-state index in [1.54, 1.807) is 0 Å². The van der Waals surface area contributed by atoms with Gasteiger partial charge in [-0.1, -0.05) is 12.1 Å². The number of primary amides is 1. The normalized spacial score (nSPS) is 11.8. The number of anilines is 1. The molecule has 0 atom stereocenters. The van der Waals surface area contributed by atoms with Crippen molar-refractivity contribution in [1.29, 1.82) is 0 Å². The number of sulfonamides is 1.